The summed E-state index contributed by atoms with van der Waals surface area (Å²) in [5.74, 6) is -1.30. The normalized spacial score (nSPS) is 11.1. The van der Waals surface area contributed by atoms with Crippen molar-refractivity contribution < 1.29 is 8.78 Å². The molecule has 0 unspecified atom stereocenters. The Bertz CT molecular complexity index is 830. The van der Waals surface area contributed by atoms with Crippen LogP contribution in [0.15, 0.2) is 40.3 Å². The summed E-state index contributed by atoms with van der Waals surface area (Å²) in [7, 11) is 0. The van der Waals surface area contributed by atoms with E-state index in [4.69, 9.17) is 0 Å². The first kappa shape index (κ1) is 12.8. The lowest BCUT2D eigenvalue weighted by molar-refractivity contribution is 0.491. The van der Waals surface area contributed by atoms with Crippen molar-refractivity contribution in [3.63, 3.8) is 0 Å². The van der Waals surface area contributed by atoms with Crippen LogP contribution in [0.5, 0.6) is 0 Å². The lowest BCUT2D eigenvalue weighted by atomic mass is 10.3. The van der Waals surface area contributed by atoms with Crippen LogP contribution in [0.25, 0.3) is 5.78 Å². The second-order valence-corrected chi connectivity index (χ2v) is 4.97. The molecule has 20 heavy (non-hydrogen) atoms. The number of rotatable bonds is 3. The number of hydrogen-bond acceptors (Lipinski definition) is 4. The molecule has 0 atom stereocenters. The molecule has 1 N–H and O–H groups in total. The van der Waals surface area contributed by atoms with Crippen LogP contribution < -0.4 is 5.56 Å². The number of benzene rings is 1. The Kier molecular flexibility index (Phi) is 3.23. The molecular formula is C12H8F2N4OS. The predicted octanol–water partition coefficient (Wildman–Crippen LogP) is 1.99. The number of aromatic nitrogens is 4. The summed E-state index contributed by atoms with van der Waals surface area (Å²) in [5, 5.41) is 2.62. The van der Waals surface area contributed by atoms with Gasteiger partial charge < -0.3 is 0 Å². The van der Waals surface area contributed by atoms with E-state index in [0.29, 0.717) is 5.69 Å². The summed E-state index contributed by atoms with van der Waals surface area (Å²) < 4.78 is 27.7. The molecule has 0 bridgehead atoms. The minimum absolute atomic E-state index is 0.175. The molecule has 2 heterocycles. The van der Waals surface area contributed by atoms with E-state index >= 15 is 0 Å². The van der Waals surface area contributed by atoms with Gasteiger partial charge in [0.1, 0.15) is 6.33 Å². The van der Waals surface area contributed by atoms with Gasteiger partial charge in [-0.15, -0.1) is 11.8 Å². The van der Waals surface area contributed by atoms with Crippen LogP contribution >= 0.6 is 11.8 Å². The minimum Gasteiger partial charge on any atom is -0.278 e. The van der Waals surface area contributed by atoms with Crippen LogP contribution in [0.4, 0.5) is 8.78 Å². The fourth-order valence-electron chi connectivity index (χ4n) is 1.69. The van der Waals surface area contributed by atoms with E-state index in [1.807, 2.05) is 0 Å². The first-order valence-electron chi connectivity index (χ1n) is 5.64. The number of H-pyrrole nitrogens is 1. The number of nitrogens with zero attached hydrogens (tertiary/aromatic N) is 3. The number of aromatic amines is 1. The minimum atomic E-state index is -0.897. The standard InChI is InChI=1S/C12H8F2N4OS/c13-8-2-1-3-9(11(8)14)20-5-7-4-10(19)18-12(17-7)15-6-16-18/h1-4,6H,5H2,(H,15,16,17). The maximum atomic E-state index is 13.5. The molecule has 2 aromatic heterocycles. The summed E-state index contributed by atoms with van der Waals surface area (Å²) in [6.07, 6.45) is 1.35. The summed E-state index contributed by atoms with van der Waals surface area (Å²) in [5.41, 5.74) is 0.151. The van der Waals surface area contributed by atoms with Crippen molar-refractivity contribution in [2.45, 2.75) is 10.6 Å². The van der Waals surface area contributed by atoms with E-state index in [2.05, 4.69) is 15.1 Å². The summed E-state index contributed by atoms with van der Waals surface area (Å²) in [6, 6.07) is 5.29. The van der Waals surface area contributed by atoms with Crippen LogP contribution in [0.1, 0.15) is 5.69 Å². The van der Waals surface area contributed by atoms with E-state index in [9.17, 15) is 13.6 Å². The molecule has 8 heteroatoms. The SMILES string of the molecule is O=c1cc(CSc2cccc(F)c2F)nc2nc[nH]n12. The van der Waals surface area contributed by atoms with Gasteiger partial charge in [-0.25, -0.2) is 18.7 Å². The molecule has 0 amide bonds. The van der Waals surface area contributed by atoms with Gasteiger partial charge in [0.2, 0.25) is 0 Å². The Morgan fingerprint density at radius 2 is 2.20 bits per heavy atom. The first-order valence-corrected chi connectivity index (χ1v) is 6.62. The van der Waals surface area contributed by atoms with E-state index < -0.39 is 11.6 Å². The molecule has 3 aromatic rings. The van der Waals surface area contributed by atoms with E-state index in [-0.39, 0.29) is 22.0 Å². The van der Waals surface area contributed by atoms with Crippen molar-refractivity contribution in [3.8, 4) is 0 Å². The molecule has 0 aliphatic rings. The highest BCUT2D eigenvalue weighted by atomic mass is 32.2. The number of hydrogen-bond donors (Lipinski definition) is 1. The third kappa shape index (κ3) is 2.29. The summed E-state index contributed by atoms with van der Waals surface area (Å²) in [6.45, 7) is 0. The van der Waals surface area contributed by atoms with E-state index in [0.717, 1.165) is 17.8 Å². The van der Waals surface area contributed by atoms with E-state index in [1.54, 1.807) is 0 Å². The van der Waals surface area contributed by atoms with Crippen molar-refractivity contribution in [1.29, 1.82) is 0 Å². The molecule has 5 nitrogen and oxygen atoms in total. The Morgan fingerprint density at radius 3 is 3.05 bits per heavy atom. The Balaban J connectivity index is 1.86. The third-order valence-corrected chi connectivity index (χ3v) is 3.68. The van der Waals surface area contributed by atoms with Crippen LogP contribution in [0.3, 0.4) is 0 Å². The van der Waals surface area contributed by atoms with Crippen LogP contribution in [-0.2, 0) is 5.75 Å². The fraction of sp³-hybridized carbons (Fsp3) is 0.0833. The van der Waals surface area contributed by atoms with Gasteiger partial charge in [-0.1, -0.05) is 6.07 Å². The second-order valence-electron chi connectivity index (χ2n) is 3.95. The van der Waals surface area contributed by atoms with Gasteiger partial charge in [0.05, 0.1) is 5.69 Å². The lowest BCUT2D eigenvalue weighted by Gasteiger charge is -2.03. The van der Waals surface area contributed by atoms with Crippen molar-refractivity contribution in [3.05, 3.63) is 58.3 Å². The monoisotopic (exact) mass is 294 g/mol. The smallest absolute Gasteiger partial charge is 0.274 e. The van der Waals surface area contributed by atoms with Gasteiger partial charge in [0.25, 0.3) is 11.3 Å². The number of nitrogens with one attached hydrogen (secondary N) is 1. The quantitative estimate of drug-likeness (QED) is 0.750. The average molecular weight is 294 g/mol. The molecule has 102 valence electrons. The fourth-order valence-corrected chi connectivity index (χ4v) is 2.54. The molecule has 1 aromatic carbocycles. The zero-order chi connectivity index (χ0) is 14.1. The molecule has 0 aliphatic carbocycles. The highest BCUT2D eigenvalue weighted by molar-refractivity contribution is 7.98. The molecular weight excluding hydrogens is 286 g/mol. The zero-order valence-corrected chi connectivity index (χ0v) is 10.8. The molecule has 0 saturated heterocycles. The molecule has 0 aliphatic heterocycles. The van der Waals surface area contributed by atoms with Gasteiger partial charge in [0, 0.05) is 16.7 Å². The molecule has 0 radical (unpaired) electrons. The number of fused-ring (bicyclic) bond motifs is 1. The Labute approximate surface area is 115 Å². The lowest BCUT2D eigenvalue weighted by Crippen LogP contribution is -2.15. The summed E-state index contributed by atoms with van der Waals surface area (Å²) in [4.78, 5) is 19.9. The van der Waals surface area contributed by atoms with Crippen molar-refractivity contribution in [2.24, 2.45) is 0 Å². The maximum absolute atomic E-state index is 13.5. The highest BCUT2D eigenvalue weighted by Gasteiger charge is 2.10. The third-order valence-electron chi connectivity index (χ3n) is 2.61. The average Bonchev–Trinajstić information content (AvgIpc) is 2.89. The van der Waals surface area contributed by atoms with Crippen LogP contribution in [-0.4, -0.2) is 19.6 Å². The summed E-state index contributed by atoms with van der Waals surface area (Å²) >= 11 is 1.07. The van der Waals surface area contributed by atoms with E-state index in [1.165, 1.54) is 29.0 Å². The van der Waals surface area contributed by atoms with Crippen molar-refractivity contribution >= 4 is 17.5 Å². The predicted molar refractivity (Wildman–Crippen MR) is 69.5 cm³/mol. The first-order chi connectivity index (χ1) is 9.65. The number of halogens is 2. The molecule has 0 saturated carbocycles. The largest absolute Gasteiger partial charge is 0.278 e. The number of thioether (sulfide) groups is 1. The van der Waals surface area contributed by atoms with Crippen molar-refractivity contribution in [2.75, 3.05) is 0 Å². The zero-order valence-electron chi connectivity index (χ0n) is 10.0. The van der Waals surface area contributed by atoms with Crippen LogP contribution in [0.2, 0.25) is 0 Å². The molecule has 0 spiro atoms. The molecule has 3 rings (SSSR count). The van der Waals surface area contributed by atoms with Crippen molar-refractivity contribution in [1.82, 2.24) is 19.6 Å². The van der Waals surface area contributed by atoms with Gasteiger partial charge in [0.15, 0.2) is 11.6 Å². The highest BCUT2D eigenvalue weighted by Crippen LogP contribution is 2.25. The topological polar surface area (TPSA) is 63.0 Å². The van der Waals surface area contributed by atoms with Gasteiger partial charge in [-0.05, 0) is 12.1 Å². The molecule has 0 fully saturated rings. The van der Waals surface area contributed by atoms with Gasteiger partial charge >= 0.3 is 0 Å². The Hall–Kier alpha value is -2.22. The maximum Gasteiger partial charge on any atom is 0.274 e. The van der Waals surface area contributed by atoms with Gasteiger partial charge in [-0.2, -0.15) is 4.52 Å². The Morgan fingerprint density at radius 1 is 1.35 bits per heavy atom. The van der Waals surface area contributed by atoms with Gasteiger partial charge in [-0.3, -0.25) is 9.89 Å². The van der Waals surface area contributed by atoms with Crippen LogP contribution in [0, 0.1) is 11.6 Å². The second kappa shape index (κ2) is 5.04.